The predicted octanol–water partition coefficient (Wildman–Crippen LogP) is 1.61. The van der Waals surface area contributed by atoms with Crippen LogP contribution in [-0.4, -0.2) is 53.5 Å². The number of likely N-dealkylation sites (tertiary alicyclic amines) is 1. The number of aliphatic carboxylic acids is 1. The molecule has 0 aliphatic carbocycles. The largest absolute Gasteiger partial charge is 0.481 e. The van der Waals surface area contributed by atoms with Gasteiger partial charge in [-0.15, -0.1) is 0 Å². The van der Waals surface area contributed by atoms with Crippen molar-refractivity contribution in [3.63, 3.8) is 0 Å². The Labute approximate surface area is 125 Å². The lowest BCUT2D eigenvalue weighted by molar-refractivity contribution is -0.141. The molecule has 1 saturated heterocycles. The van der Waals surface area contributed by atoms with Gasteiger partial charge in [0.2, 0.25) is 5.91 Å². The maximum atomic E-state index is 12.8. The van der Waals surface area contributed by atoms with Crippen LogP contribution in [-0.2, 0) is 9.59 Å². The molecule has 1 aromatic carbocycles. The summed E-state index contributed by atoms with van der Waals surface area (Å²) in [5.74, 6) is -1.25. The van der Waals surface area contributed by atoms with Crippen LogP contribution in [0.5, 0.6) is 0 Å². The van der Waals surface area contributed by atoms with Gasteiger partial charge in [-0.05, 0) is 25.6 Å². The molecule has 2 unspecified atom stereocenters. The number of likely N-dealkylation sites (N-methyl/N-ethyl adjacent to an activating group) is 1. The summed E-state index contributed by atoms with van der Waals surface area (Å²) in [6.07, 6.45) is 0.540. The van der Waals surface area contributed by atoms with Crippen molar-refractivity contribution in [1.82, 2.24) is 9.80 Å². The molecule has 2 atom stereocenters. The Bertz CT molecular complexity index is 504. The van der Waals surface area contributed by atoms with Crippen molar-refractivity contribution in [3.8, 4) is 0 Å². The van der Waals surface area contributed by atoms with Crippen LogP contribution in [0.2, 0.25) is 0 Å². The molecule has 1 aliphatic heterocycles. The molecule has 1 N–H and O–H groups in total. The highest BCUT2D eigenvalue weighted by atomic mass is 16.4. The summed E-state index contributed by atoms with van der Waals surface area (Å²) >= 11 is 0. The Kier molecular flexibility index (Phi) is 4.96. The molecule has 0 saturated carbocycles. The lowest BCUT2D eigenvalue weighted by atomic mass is 10.0. The second-order valence-corrected chi connectivity index (χ2v) is 5.49. The molecular weight excluding hydrogens is 268 g/mol. The molecule has 0 radical (unpaired) electrons. The van der Waals surface area contributed by atoms with Gasteiger partial charge in [-0.3, -0.25) is 14.5 Å². The average molecular weight is 290 g/mol. The molecular formula is C16H22N2O3. The SMILES string of the molecule is CCN(C)C(C(=O)N1CCC(C(=O)O)C1)c1ccccc1. The number of benzene rings is 1. The third-order valence-electron chi connectivity index (χ3n) is 4.14. The van der Waals surface area contributed by atoms with Crippen LogP contribution in [0.15, 0.2) is 30.3 Å². The Morgan fingerprint density at radius 1 is 1.38 bits per heavy atom. The van der Waals surface area contributed by atoms with Gasteiger partial charge in [0.05, 0.1) is 5.92 Å². The second-order valence-electron chi connectivity index (χ2n) is 5.49. The van der Waals surface area contributed by atoms with E-state index in [1.165, 1.54) is 0 Å². The van der Waals surface area contributed by atoms with Crippen LogP contribution in [0, 0.1) is 5.92 Å². The highest BCUT2D eigenvalue weighted by molar-refractivity contribution is 5.84. The Hall–Kier alpha value is -1.88. The van der Waals surface area contributed by atoms with Crippen molar-refractivity contribution in [2.45, 2.75) is 19.4 Å². The first-order chi connectivity index (χ1) is 10.0. The van der Waals surface area contributed by atoms with Crippen molar-refractivity contribution in [3.05, 3.63) is 35.9 Å². The molecule has 0 aromatic heterocycles. The van der Waals surface area contributed by atoms with Gasteiger partial charge in [0.25, 0.3) is 0 Å². The summed E-state index contributed by atoms with van der Waals surface area (Å²) in [6, 6.07) is 9.31. The smallest absolute Gasteiger partial charge is 0.308 e. The molecule has 2 rings (SSSR count). The minimum atomic E-state index is -0.814. The number of carboxylic acid groups (broad SMARTS) is 1. The van der Waals surface area contributed by atoms with E-state index in [-0.39, 0.29) is 11.9 Å². The Balaban J connectivity index is 2.18. The molecule has 1 aliphatic rings. The fourth-order valence-corrected chi connectivity index (χ4v) is 2.74. The highest BCUT2D eigenvalue weighted by Gasteiger charge is 2.35. The molecule has 1 amide bonds. The van der Waals surface area contributed by atoms with Gasteiger partial charge in [-0.1, -0.05) is 37.3 Å². The molecule has 0 bridgehead atoms. The summed E-state index contributed by atoms with van der Waals surface area (Å²) in [5, 5.41) is 9.08. The van der Waals surface area contributed by atoms with E-state index < -0.39 is 11.9 Å². The van der Waals surface area contributed by atoms with Crippen molar-refractivity contribution in [1.29, 1.82) is 0 Å². The maximum absolute atomic E-state index is 12.8. The van der Waals surface area contributed by atoms with Crippen molar-refractivity contribution in [2.75, 3.05) is 26.7 Å². The van der Waals surface area contributed by atoms with E-state index in [0.29, 0.717) is 19.5 Å². The molecule has 5 heteroatoms. The number of carboxylic acids is 1. The topological polar surface area (TPSA) is 60.9 Å². The monoisotopic (exact) mass is 290 g/mol. The molecule has 1 heterocycles. The van der Waals surface area contributed by atoms with Gasteiger partial charge in [-0.25, -0.2) is 0 Å². The van der Waals surface area contributed by atoms with Crippen LogP contribution >= 0.6 is 0 Å². The normalized spacial score (nSPS) is 19.8. The minimum Gasteiger partial charge on any atom is -0.481 e. The lowest BCUT2D eigenvalue weighted by Gasteiger charge is -2.30. The predicted molar refractivity (Wildman–Crippen MR) is 79.8 cm³/mol. The van der Waals surface area contributed by atoms with E-state index >= 15 is 0 Å². The van der Waals surface area contributed by atoms with E-state index in [2.05, 4.69) is 0 Å². The summed E-state index contributed by atoms with van der Waals surface area (Å²) in [7, 11) is 1.92. The van der Waals surface area contributed by atoms with Crippen molar-refractivity contribution < 1.29 is 14.7 Å². The molecule has 1 fully saturated rings. The highest BCUT2D eigenvalue weighted by Crippen LogP contribution is 2.25. The van der Waals surface area contributed by atoms with Gasteiger partial charge in [0, 0.05) is 13.1 Å². The van der Waals surface area contributed by atoms with E-state index in [4.69, 9.17) is 5.11 Å². The molecule has 114 valence electrons. The van der Waals surface area contributed by atoms with Gasteiger partial charge in [0.15, 0.2) is 0 Å². The molecule has 1 aromatic rings. The van der Waals surface area contributed by atoms with Gasteiger partial charge in [-0.2, -0.15) is 0 Å². The standard InChI is InChI=1S/C16H22N2O3/c1-3-17(2)14(12-7-5-4-6-8-12)15(19)18-10-9-13(11-18)16(20)21/h4-8,13-14H,3,9-11H2,1-2H3,(H,20,21). The summed E-state index contributed by atoms with van der Waals surface area (Å²) < 4.78 is 0. The number of hydrogen-bond donors (Lipinski definition) is 1. The van der Waals surface area contributed by atoms with Gasteiger partial charge in [0.1, 0.15) is 6.04 Å². The quantitative estimate of drug-likeness (QED) is 0.895. The third-order valence-corrected chi connectivity index (χ3v) is 4.14. The number of rotatable bonds is 5. The van der Waals surface area contributed by atoms with Crippen LogP contribution in [0.25, 0.3) is 0 Å². The Morgan fingerprint density at radius 2 is 2.05 bits per heavy atom. The molecule has 0 spiro atoms. The van der Waals surface area contributed by atoms with Gasteiger partial charge < -0.3 is 10.0 Å². The van der Waals surface area contributed by atoms with Crippen LogP contribution in [0.3, 0.4) is 0 Å². The average Bonchev–Trinajstić information content (AvgIpc) is 2.98. The molecule has 21 heavy (non-hydrogen) atoms. The van der Waals surface area contributed by atoms with Crippen molar-refractivity contribution in [2.24, 2.45) is 5.92 Å². The Morgan fingerprint density at radius 3 is 2.57 bits per heavy atom. The molecule has 5 nitrogen and oxygen atoms in total. The first kappa shape index (κ1) is 15.5. The van der Waals surface area contributed by atoms with Crippen molar-refractivity contribution >= 4 is 11.9 Å². The zero-order chi connectivity index (χ0) is 15.4. The zero-order valence-corrected chi connectivity index (χ0v) is 12.5. The second kappa shape index (κ2) is 6.72. The van der Waals surface area contributed by atoms with E-state index in [0.717, 1.165) is 12.1 Å². The zero-order valence-electron chi connectivity index (χ0n) is 12.5. The fourth-order valence-electron chi connectivity index (χ4n) is 2.74. The number of carbonyl (C=O) groups is 2. The van der Waals surface area contributed by atoms with Crippen LogP contribution < -0.4 is 0 Å². The summed E-state index contributed by atoms with van der Waals surface area (Å²) in [6.45, 7) is 3.60. The first-order valence-electron chi connectivity index (χ1n) is 7.31. The number of nitrogens with zero attached hydrogens (tertiary/aromatic N) is 2. The summed E-state index contributed by atoms with van der Waals surface area (Å²) in [4.78, 5) is 27.5. The van der Waals surface area contributed by atoms with Crippen LogP contribution in [0.1, 0.15) is 24.9 Å². The van der Waals surface area contributed by atoms with Gasteiger partial charge >= 0.3 is 5.97 Å². The summed E-state index contributed by atoms with van der Waals surface area (Å²) in [5.41, 5.74) is 0.950. The number of hydrogen-bond acceptors (Lipinski definition) is 3. The van der Waals surface area contributed by atoms with E-state index in [1.54, 1.807) is 4.90 Å². The maximum Gasteiger partial charge on any atom is 0.308 e. The lowest BCUT2D eigenvalue weighted by Crippen LogP contribution is -2.41. The minimum absolute atomic E-state index is 0.00528. The number of amides is 1. The first-order valence-corrected chi connectivity index (χ1v) is 7.31. The van der Waals surface area contributed by atoms with E-state index in [1.807, 2.05) is 49.2 Å². The van der Waals surface area contributed by atoms with E-state index in [9.17, 15) is 9.59 Å². The van der Waals surface area contributed by atoms with Crippen LogP contribution in [0.4, 0.5) is 0 Å². The third kappa shape index (κ3) is 3.42. The number of carbonyl (C=O) groups excluding carboxylic acids is 1. The fraction of sp³-hybridized carbons (Fsp3) is 0.500.